The average molecular weight is 278 g/mol. The predicted octanol–water partition coefficient (Wildman–Crippen LogP) is 3.34. The maximum absolute atomic E-state index is 13.1. The number of benzene rings is 1. The van der Waals surface area contributed by atoms with E-state index in [0.29, 0.717) is 25.0 Å². The van der Waals surface area contributed by atoms with Crippen LogP contribution >= 0.6 is 0 Å². The van der Waals surface area contributed by atoms with Gasteiger partial charge in [-0.15, -0.1) is 0 Å². The molecular formula is C16H23FN2O. The normalized spacial score (nSPS) is 22.6. The lowest BCUT2D eigenvalue weighted by Gasteiger charge is -2.38. The van der Waals surface area contributed by atoms with Crippen LogP contribution in [0.5, 0.6) is 0 Å². The van der Waals surface area contributed by atoms with Crippen LogP contribution < -0.4 is 5.32 Å². The molecule has 0 radical (unpaired) electrons. The largest absolute Gasteiger partial charge is 0.338 e. The fourth-order valence-corrected chi connectivity index (χ4v) is 2.92. The fraction of sp³-hybridized carbons (Fsp3) is 0.562. The molecule has 1 fully saturated rings. The third-order valence-corrected chi connectivity index (χ3v) is 4.01. The second kappa shape index (κ2) is 6.73. The molecule has 1 heterocycles. The zero-order valence-corrected chi connectivity index (χ0v) is 12.2. The lowest BCUT2D eigenvalue weighted by molar-refractivity contribution is 0.123. The Balaban J connectivity index is 1.82. The Kier molecular flexibility index (Phi) is 4.99. The highest BCUT2D eigenvalue weighted by atomic mass is 19.1. The summed E-state index contributed by atoms with van der Waals surface area (Å²) in [5, 5.41) is 2.95. The summed E-state index contributed by atoms with van der Waals surface area (Å²) in [5.74, 6) is -0.230. The van der Waals surface area contributed by atoms with E-state index < -0.39 is 0 Å². The molecule has 0 saturated carbocycles. The number of carbonyl (C=O) groups excluding carboxylic acids is 1. The molecule has 2 amide bonds. The Morgan fingerprint density at radius 3 is 2.70 bits per heavy atom. The molecule has 1 aliphatic heterocycles. The average Bonchev–Trinajstić information content (AvgIpc) is 2.38. The molecular weight excluding hydrogens is 255 g/mol. The minimum Gasteiger partial charge on any atom is -0.338 e. The van der Waals surface area contributed by atoms with E-state index in [2.05, 4.69) is 19.2 Å². The minimum atomic E-state index is -0.230. The van der Waals surface area contributed by atoms with E-state index in [1.807, 2.05) is 11.0 Å². The maximum Gasteiger partial charge on any atom is 0.317 e. The molecule has 0 bridgehead atoms. The van der Waals surface area contributed by atoms with Crippen molar-refractivity contribution in [2.24, 2.45) is 0 Å². The number of nitrogens with zero attached hydrogens (tertiary/aromatic N) is 1. The Hall–Kier alpha value is -1.58. The van der Waals surface area contributed by atoms with E-state index in [1.165, 1.54) is 18.6 Å². The number of nitrogens with one attached hydrogen (secondary N) is 1. The summed E-state index contributed by atoms with van der Waals surface area (Å²) in [6.45, 7) is 4.74. The number of halogens is 1. The fourth-order valence-electron chi connectivity index (χ4n) is 2.92. The van der Waals surface area contributed by atoms with Gasteiger partial charge >= 0.3 is 6.03 Å². The molecule has 2 atom stereocenters. The standard InChI is InChI=1S/C16H23FN2O/c1-12-5-3-6-13(2)19(12)16(20)18-10-9-14-7-4-8-15(17)11-14/h4,7-8,11-13H,3,5-6,9-10H2,1-2H3,(H,18,20). The van der Waals surface area contributed by atoms with E-state index >= 15 is 0 Å². The summed E-state index contributed by atoms with van der Waals surface area (Å²) in [5.41, 5.74) is 0.907. The molecule has 3 nitrogen and oxygen atoms in total. The SMILES string of the molecule is CC1CCCC(C)N1C(=O)NCCc1cccc(F)c1. The number of amides is 2. The van der Waals surface area contributed by atoms with Crippen molar-refractivity contribution in [3.8, 4) is 0 Å². The smallest absolute Gasteiger partial charge is 0.317 e. The van der Waals surface area contributed by atoms with Gasteiger partial charge in [0.15, 0.2) is 0 Å². The number of likely N-dealkylation sites (tertiary alicyclic amines) is 1. The molecule has 110 valence electrons. The van der Waals surface area contributed by atoms with Crippen LogP contribution in [0.3, 0.4) is 0 Å². The number of piperidine rings is 1. The molecule has 0 aliphatic carbocycles. The van der Waals surface area contributed by atoms with Crippen LogP contribution in [-0.4, -0.2) is 29.6 Å². The molecule has 0 aromatic heterocycles. The number of hydrogen-bond donors (Lipinski definition) is 1. The highest BCUT2D eigenvalue weighted by molar-refractivity contribution is 5.75. The summed E-state index contributed by atoms with van der Waals surface area (Å²) >= 11 is 0. The Bertz CT molecular complexity index is 454. The molecule has 2 unspecified atom stereocenters. The third kappa shape index (κ3) is 3.71. The third-order valence-electron chi connectivity index (χ3n) is 4.01. The van der Waals surface area contributed by atoms with Crippen LogP contribution in [-0.2, 0) is 6.42 Å². The molecule has 1 aromatic carbocycles. The first kappa shape index (κ1) is 14.8. The van der Waals surface area contributed by atoms with Gasteiger partial charge in [0.25, 0.3) is 0 Å². The van der Waals surface area contributed by atoms with Gasteiger partial charge < -0.3 is 10.2 Å². The van der Waals surface area contributed by atoms with Crippen LogP contribution in [0.15, 0.2) is 24.3 Å². The van der Waals surface area contributed by atoms with Crippen molar-refractivity contribution in [3.05, 3.63) is 35.6 Å². The molecule has 1 saturated heterocycles. The second-order valence-corrected chi connectivity index (χ2v) is 5.65. The van der Waals surface area contributed by atoms with E-state index in [1.54, 1.807) is 6.07 Å². The van der Waals surface area contributed by atoms with Crippen molar-refractivity contribution in [3.63, 3.8) is 0 Å². The lowest BCUT2D eigenvalue weighted by atomic mass is 9.98. The molecule has 2 rings (SSSR count). The molecule has 1 aromatic rings. The Morgan fingerprint density at radius 1 is 1.35 bits per heavy atom. The van der Waals surface area contributed by atoms with Crippen molar-refractivity contribution in [1.29, 1.82) is 0 Å². The maximum atomic E-state index is 13.1. The first-order valence-electron chi connectivity index (χ1n) is 7.38. The first-order chi connectivity index (χ1) is 9.58. The van der Waals surface area contributed by atoms with Gasteiger partial charge in [-0.1, -0.05) is 12.1 Å². The lowest BCUT2D eigenvalue weighted by Crippen LogP contribution is -2.52. The van der Waals surface area contributed by atoms with Crippen molar-refractivity contribution in [2.75, 3.05) is 6.54 Å². The van der Waals surface area contributed by atoms with Crippen molar-refractivity contribution < 1.29 is 9.18 Å². The van der Waals surface area contributed by atoms with Crippen LogP contribution in [0, 0.1) is 5.82 Å². The summed E-state index contributed by atoms with van der Waals surface area (Å²) in [7, 11) is 0. The van der Waals surface area contributed by atoms with Gasteiger partial charge in [0.05, 0.1) is 0 Å². The van der Waals surface area contributed by atoms with Crippen LogP contribution in [0.25, 0.3) is 0 Å². The predicted molar refractivity (Wildman–Crippen MR) is 78.1 cm³/mol. The summed E-state index contributed by atoms with van der Waals surface area (Å²) in [4.78, 5) is 14.2. The van der Waals surface area contributed by atoms with Gasteiger partial charge in [0.1, 0.15) is 5.82 Å². The molecule has 20 heavy (non-hydrogen) atoms. The van der Waals surface area contributed by atoms with Gasteiger partial charge in [-0.05, 0) is 57.2 Å². The molecule has 0 spiro atoms. The number of hydrogen-bond acceptors (Lipinski definition) is 1. The van der Waals surface area contributed by atoms with Gasteiger partial charge in [-0.3, -0.25) is 0 Å². The Morgan fingerprint density at radius 2 is 2.05 bits per heavy atom. The second-order valence-electron chi connectivity index (χ2n) is 5.65. The quantitative estimate of drug-likeness (QED) is 0.903. The monoisotopic (exact) mass is 278 g/mol. The Labute approximate surface area is 120 Å². The summed E-state index contributed by atoms with van der Waals surface area (Å²) in [6, 6.07) is 7.11. The van der Waals surface area contributed by atoms with E-state index in [0.717, 1.165) is 18.4 Å². The zero-order valence-electron chi connectivity index (χ0n) is 12.2. The zero-order chi connectivity index (χ0) is 14.5. The van der Waals surface area contributed by atoms with Gasteiger partial charge in [-0.25, -0.2) is 9.18 Å². The van der Waals surface area contributed by atoms with Gasteiger partial charge in [-0.2, -0.15) is 0 Å². The minimum absolute atomic E-state index is 0.00102. The van der Waals surface area contributed by atoms with E-state index in [-0.39, 0.29) is 11.8 Å². The highest BCUT2D eigenvalue weighted by Crippen LogP contribution is 2.22. The van der Waals surface area contributed by atoms with E-state index in [4.69, 9.17) is 0 Å². The van der Waals surface area contributed by atoms with E-state index in [9.17, 15) is 9.18 Å². The first-order valence-corrected chi connectivity index (χ1v) is 7.38. The molecule has 1 aliphatic rings. The van der Waals surface area contributed by atoms with Crippen LogP contribution in [0.4, 0.5) is 9.18 Å². The molecule has 1 N–H and O–H groups in total. The van der Waals surface area contributed by atoms with Crippen LogP contribution in [0.1, 0.15) is 38.7 Å². The highest BCUT2D eigenvalue weighted by Gasteiger charge is 2.28. The number of carbonyl (C=O) groups is 1. The van der Waals surface area contributed by atoms with Crippen molar-refractivity contribution in [1.82, 2.24) is 10.2 Å². The number of rotatable bonds is 3. The van der Waals surface area contributed by atoms with Gasteiger partial charge in [0, 0.05) is 18.6 Å². The van der Waals surface area contributed by atoms with Crippen molar-refractivity contribution in [2.45, 2.75) is 51.6 Å². The summed E-state index contributed by atoms with van der Waals surface area (Å²) in [6.07, 6.45) is 3.98. The number of urea groups is 1. The van der Waals surface area contributed by atoms with Gasteiger partial charge in [0.2, 0.25) is 0 Å². The molecule has 4 heteroatoms. The van der Waals surface area contributed by atoms with Crippen LogP contribution in [0.2, 0.25) is 0 Å². The van der Waals surface area contributed by atoms with Crippen molar-refractivity contribution >= 4 is 6.03 Å². The topological polar surface area (TPSA) is 32.3 Å². The summed E-state index contributed by atoms with van der Waals surface area (Å²) < 4.78 is 13.1.